The number of sulfonamides is 1. The molecule has 0 fully saturated rings. The molecule has 1 N–H and O–H groups in total. The second-order valence-electron chi connectivity index (χ2n) is 5.90. The molecular formula is C18H21ClN4O5S. The molecule has 0 atom stereocenters. The summed E-state index contributed by atoms with van der Waals surface area (Å²) in [5.41, 5.74) is 0.693. The number of hydrogen-bond acceptors (Lipinski definition) is 7. The Labute approximate surface area is 174 Å². The molecule has 0 radical (unpaired) electrons. The van der Waals surface area contributed by atoms with Gasteiger partial charge in [0.1, 0.15) is 0 Å². The number of esters is 1. The summed E-state index contributed by atoms with van der Waals surface area (Å²) < 4.78 is 31.4. The molecule has 0 aliphatic heterocycles. The number of nitrogens with zero attached hydrogens (tertiary/aromatic N) is 3. The van der Waals surface area contributed by atoms with Crippen molar-refractivity contribution < 1.29 is 22.7 Å². The fraction of sp³-hybridized carbons (Fsp3) is 0.333. The summed E-state index contributed by atoms with van der Waals surface area (Å²) in [6, 6.07) is 4.00. The maximum absolute atomic E-state index is 12.6. The van der Waals surface area contributed by atoms with E-state index in [2.05, 4.69) is 15.3 Å². The van der Waals surface area contributed by atoms with Crippen LogP contribution in [-0.4, -0.2) is 54.3 Å². The van der Waals surface area contributed by atoms with Crippen molar-refractivity contribution in [2.24, 2.45) is 0 Å². The number of rotatable bonds is 8. The number of hydrogen-bond donors (Lipinski definition) is 1. The molecule has 29 heavy (non-hydrogen) atoms. The smallest absolute Gasteiger partial charge is 0.359 e. The zero-order valence-corrected chi connectivity index (χ0v) is 17.7. The molecule has 0 saturated carbocycles. The summed E-state index contributed by atoms with van der Waals surface area (Å²) in [6.07, 6.45) is 2.65. The molecule has 0 unspecified atom stereocenters. The van der Waals surface area contributed by atoms with Crippen LogP contribution in [0.4, 0.5) is 5.69 Å². The van der Waals surface area contributed by atoms with Crippen LogP contribution >= 0.6 is 11.6 Å². The lowest BCUT2D eigenvalue weighted by atomic mass is 10.3. The van der Waals surface area contributed by atoms with Gasteiger partial charge in [-0.15, -0.1) is 0 Å². The molecule has 1 aromatic carbocycles. The van der Waals surface area contributed by atoms with E-state index in [-0.39, 0.29) is 21.3 Å². The Morgan fingerprint density at radius 3 is 2.45 bits per heavy atom. The van der Waals surface area contributed by atoms with Crippen molar-refractivity contribution >= 4 is 39.2 Å². The van der Waals surface area contributed by atoms with Gasteiger partial charge in [0.05, 0.1) is 27.5 Å². The van der Waals surface area contributed by atoms with Crippen LogP contribution in [-0.2, 0) is 19.6 Å². The Balaban J connectivity index is 2.08. The second kappa shape index (κ2) is 9.77. The van der Waals surface area contributed by atoms with E-state index in [1.807, 2.05) is 0 Å². The fourth-order valence-electron chi connectivity index (χ4n) is 2.36. The van der Waals surface area contributed by atoms with E-state index < -0.39 is 28.5 Å². The Bertz CT molecular complexity index is 992. The molecule has 11 heteroatoms. The first-order valence-corrected chi connectivity index (χ1v) is 10.6. The SMILES string of the molecule is CCN(CC)S(=O)(=O)c1ccc(Cl)c(NC(=O)COC(=O)c2cnc(C)cn2)c1. The molecule has 1 aromatic heterocycles. The number of carbonyl (C=O) groups is 2. The number of halogens is 1. The van der Waals surface area contributed by atoms with Gasteiger partial charge in [-0.25, -0.2) is 18.2 Å². The van der Waals surface area contributed by atoms with Crippen LogP contribution in [0.1, 0.15) is 30.0 Å². The van der Waals surface area contributed by atoms with E-state index in [1.165, 1.54) is 34.9 Å². The van der Waals surface area contributed by atoms with Gasteiger partial charge in [0.25, 0.3) is 5.91 Å². The van der Waals surface area contributed by atoms with Crippen LogP contribution < -0.4 is 5.32 Å². The summed E-state index contributed by atoms with van der Waals surface area (Å²) in [4.78, 5) is 31.8. The van der Waals surface area contributed by atoms with E-state index in [9.17, 15) is 18.0 Å². The predicted molar refractivity (Wildman–Crippen MR) is 107 cm³/mol. The average Bonchev–Trinajstić information content (AvgIpc) is 2.69. The fourth-order valence-corrected chi connectivity index (χ4v) is 4.01. The summed E-state index contributed by atoms with van der Waals surface area (Å²) in [6.45, 7) is 5.19. The van der Waals surface area contributed by atoms with Crippen LogP contribution in [0.5, 0.6) is 0 Å². The number of ether oxygens (including phenoxy) is 1. The van der Waals surface area contributed by atoms with Crippen LogP contribution in [0, 0.1) is 6.92 Å². The lowest BCUT2D eigenvalue weighted by Crippen LogP contribution is -2.30. The van der Waals surface area contributed by atoms with Gasteiger partial charge in [-0.2, -0.15) is 4.31 Å². The van der Waals surface area contributed by atoms with Gasteiger partial charge < -0.3 is 10.1 Å². The van der Waals surface area contributed by atoms with Gasteiger partial charge in [0, 0.05) is 19.3 Å². The number of amides is 1. The Kier molecular flexibility index (Phi) is 7.66. The number of nitrogens with one attached hydrogen (secondary N) is 1. The van der Waals surface area contributed by atoms with Crippen molar-refractivity contribution in [2.75, 3.05) is 25.0 Å². The first-order chi connectivity index (χ1) is 13.7. The third-order valence-corrected chi connectivity index (χ3v) is 6.26. The largest absolute Gasteiger partial charge is 0.451 e. The van der Waals surface area contributed by atoms with Crippen molar-refractivity contribution in [3.05, 3.63) is 47.0 Å². The summed E-state index contributed by atoms with van der Waals surface area (Å²) in [5, 5.41) is 2.59. The van der Waals surface area contributed by atoms with Crippen molar-refractivity contribution in [3.63, 3.8) is 0 Å². The van der Waals surface area contributed by atoms with Gasteiger partial charge >= 0.3 is 5.97 Å². The number of carbonyl (C=O) groups excluding carboxylic acids is 2. The molecule has 2 rings (SSSR count). The normalized spacial score (nSPS) is 11.3. The molecule has 0 aliphatic rings. The van der Waals surface area contributed by atoms with Gasteiger partial charge in [-0.05, 0) is 25.1 Å². The van der Waals surface area contributed by atoms with Gasteiger partial charge in [0.15, 0.2) is 12.3 Å². The monoisotopic (exact) mass is 440 g/mol. The average molecular weight is 441 g/mol. The number of aryl methyl sites for hydroxylation is 1. The Morgan fingerprint density at radius 2 is 1.86 bits per heavy atom. The number of anilines is 1. The first-order valence-electron chi connectivity index (χ1n) is 8.74. The Hall–Kier alpha value is -2.56. The molecule has 9 nitrogen and oxygen atoms in total. The zero-order chi connectivity index (χ0) is 21.6. The molecule has 1 amide bonds. The molecule has 156 valence electrons. The third-order valence-electron chi connectivity index (χ3n) is 3.88. The maximum Gasteiger partial charge on any atom is 0.359 e. The molecule has 0 spiro atoms. The topological polar surface area (TPSA) is 119 Å². The highest BCUT2D eigenvalue weighted by molar-refractivity contribution is 7.89. The summed E-state index contributed by atoms with van der Waals surface area (Å²) in [5.74, 6) is -1.49. The van der Waals surface area contributed by atoms with E-state index in [1.54, 1.807) is 20.8 Å². The predicted octanol–water partition coefficient (Wildman–Crippen LogP) is 2.26. The molecule has 1 heterocycles. The highest BCUT2D eigenvalue weighted by Crippen LogP contribution is 2.27. The van der Waals surface area contributed by atoms with Crippen LogP contribution in [0.15, 0.2) is 35.5 Å². The van der Waals surface area contributed by atoms with Crippen LogP contribution in [0.25, 0.3) is 0 Å². The lowest BCUT2D eigenvalue weighted by molar-refractivity contribution is -0.119. The quantitative estimate of drug-likeness (QED) is 0.625. The van der Waals surface area contributed by atoms with E-state index >= 15 is 0 Å². The third kappa shape index (κ3) is 5.72. The Morgan fingerprint density at radius 1 is 1.17 bits per heavy atom. The van der Waals surface area contributed by atoms with Crippen molar-refractivity contribution in [1.29, 1.82) is 0 Å². The molecule has 0 saturated heterocycles. The molecular weight excluding hydrogens is 420 g/mol. The number of benzene rings is 1. The maximum atomic E-state index is 12.6. The minimum atomic E-state index is -3.72. The second-order valence-corrected chi connectivity index (χ2v) is 8.24. The van der Waals surface area contributed by atoms with Crippen molar-refractivity contribution in [2.45, 2.75) is 25.7 Å². The summed E-state index contributed by atoms with van der Waals surface area (Å²) in [7, 11) is -3.72. The minimum Gasteiger partial charge on any atom is -0.451 e. The van der Waals surface area contributed by atoms with E-state index in [0.717, 1.165) is 0 Å². The standard InChI is InChI=1S/C18H21ClN4O5S/c1-4-23(5-2)29(26,27)13-6-7-14(19)15(8-13)22-17(24)11-28-18(25)16-10-20-12(3)9-21-16/h6-10H,4-5,11H2,1-3H3,(H,22,24). The van der Waals surface area contributed by atoms with Crippen LogP contribution in [0.2, 0.25) is 5.02 Å². The molecule has 0 bridgehead atoms. The van der Waals surface area contributed by atoms with Gasteiger partial charge in [-0.1, -0.05) is 25.4 Å². The first kappa shape index (κ1) is 22.7. The highest BCUT2D eigenvalue weighted by Gasteiger charge is 2.23. The molecule has 2 aromatic rings. The number of aromatic nitrogens is 2. The van der Waals surface area contributed by atoms with Gasteiger partial charge in [0.2, 0.25) is 10.0 Å². The van der Waals surface area contributed by atoms with Crippen molar-refractivity contribution in [3.8, 4) is 0 Å². The van der Waals surface area contributed by atoms with Crippen LogP contribution in [0.3, 0.4) is 0 Å². The van der Waals surface area contributed by atoms with Crippen molar-refractivity contribution in [1.82, 2.24) is 14.3 Å². The molecule has 0 aliphatic carbocycles. The summed E-state index contributed by atoms with van der Waals surface area (Å²) >= 11 is 6.06. The minimum absolute atomic E-state index is 0.00664. The highest BCUT2D eigenvalue weighted by atomic mass is 35.5. The van der Waals surface area contributed by atoms with Gasteiger partial charge in [-0.3, -0.25) is 9.78 Å². The van der Waals surface area contributed by atoms with E-state index in [4.69, 9.17) is 16.3 Å². The zero-order valence-electron chi connectivity index (χ0n) is 16.2. The lowest BCUT2D eigenvalue weighted by Gasteiger charge is -2.19. The van der Waals surface area contributed by atoms with E-state index in [0.29, 0.717) is 18.8 Å².